The summed E-state index contributed by atoms with van der Waals surface area (Å²) in [5, 5.41) is 9.55. The number of benzene rings is 2. The Kier molecular flexibility index (Phi) is 5.41. The fourth-order valence-corrected chi connectivity index (χ4v) is 3.58. The molecule has 27 heavy (non-hydrogen) atoms. The minimum atomic E-state index is -4.41. The van der Waals surface area contributed by atoms with Crippen molar-refractivity contribution in [3.8, 4) is 5.75 Å². The monoisotopic (exact) mass is 379 g/mol. The van der Waals surface area contributed by atoms with Crippen LogP contribution in [0.1, 0.15) is 35.6 Å². The Morgan fingerprint density at radius 1 is 1.11 bits per heavy atom. The number of methoxy groups -OCH3 is 1. The number of carboxylic acid groups (broad SMARTS) is 1. The normalized spacial score (nSPS) is 19.0. The van der Waals surface area contributed by atoms with E-state index in [0.29, 0.717) is 24.3 Å². The molecule has 7 heteroatoms. The van der Waals surface area contributed by atoms with Crippen LogP contribution >= 0.6 is 0 Å². The highest BCUT2D eigenvalue weighted by atomic mass is 19.4. The minimum Gasteiger partial charge on any atom is -0.497 e. The predicted molar refractivity (Wildman–Crippen MR) is 93.6 cm³/mol. The maximum absolute atomic E-state index is 12.9. The lowest BCUT2D eigenvalue weighted by Crippen LogP contribution is -2.39. The van der Waals surface area contributed by atoms with E-state index in [2.05, 4.69) is 0 Å². The zero-order valence-corrected chi connectivity index (χ0v) is 14.7. The fourth-order valence-electron chi connectivity index (χ4n) is 3.58. The van der Waals surface area contributed by atoms with Crippen LogP contribution in [0.3, 0.4) is 0 Å². The molecular weight excluding hydrogens is 359 g/mol. The van der Waals surface area contributed by atoms with Crippen molar-refractivity contribution in [2.45, 2.75) is 31.1 Å². The summed E-state index contributed by atoms with van der Waals surface area (Å²) in [6.07, 6.45) is -3.17. The van der Waals surface area contributed by atoms with Crippen LogP contribution in [-0.2, 0) is 11.0 Å². The van der Waals surface area contributed by atoms with Gasteiger partial charge in [-0.25, -0.2) is 0 Å². The second-order valence-electron chi connectivity index (χ2n) is 6.53. The van der Waals surface area contributed by atoms with Crippen molar-refractivity contribution in [2.24, 2.45) is 0 Å². The van der Waals surface area contributed by atoms with Gasteiger partial charge < -0.3 is 9.84 Å². The summed E-state index contributed by atoms with van der Waals surface area (Å²) in [6.45, 7) is 0.564. The Bertz CT molecular complexity index is 788. The van der Waals surface area contributed by atoms with Crippen LogP contribution in [0, 0.1) is 0 Å². The lowest BCUT2D eigenvalue weighted by Gasteiger charge is -2.32. The largest absolute Gasteiger partial charge is 0.497 e. The molecule has 2 atom stereocenters. The number of carboxylic acids is 1. The maximum Gasteiger partial charge on any atom is 0.416 e. The average Bonchev–Trinajstić information content (AvgIpc) is 3.12. The molecule has 2 unspecified atom stereocenters. The average molecular weight is 379 g/mol. The van der Waals surface area contributed by atoms with Crippen molar-refractivity contribution >= 4 is 5.97 Å². The third-order valence-corrected chi connectivity index (χ3v) is 4.90. The first-order chi connectivity index (χ1) is 12.8. The van der Waals surface area contributed by atoms with Gasteiger partial charge in [0.1, 0.15) is 11.8 Å². The number of carbonyl (C=O) groups is 1. The highest BCUT2D eigenvalue weighted by Crippen LogP contribution is 2.37. The van der Waals surface area contributed by atoms with Gasteiger partial charge in [-0.05, 0) is 48.2 Å². The van der Waals surface area contributed by atoms with E-state index in [1.54, 1.807) is 19.2 Å². The summed E-state index contributed by atoms with van der Waals surface area (Å²) in [7, 11) is 1.54. The molecule has 0 bridgehead atoms. The predicted octanol–water partition coefficient (Wildman–Crippen LogP) is 4.35. The van der Waals surface area contributed by atoms with E-state index in [0.717, 1.165) is 24.1 Å². The molecule has 1 heterocycles. The number of halogens is 3. The standard InChI is InChI=1S/C20H20F3NO3/c1-27-16-10-6-14(7-11-16)18(24-12-2-3-17(24)19(25)26)13-4-8-15(9-5-13)20(21,22)23/h4-11,17-18H,2-3,12H2,1H3,(H,25,26). The van der Waals surface area contributed by atoms with Crippen molar-refractivity contribution < 1.29 is 27.8 Å². The van der Waals surface area contributed by atoms with Crippen LogP contribution in [0.15, 0.2) is 48.5 Å². The molecule has 1 saturated heterocycles. The summed E-state index contributed by atoms with van der Waals surface area (Å²) in [4.78, 5) is 13.5. The van der Waals surface area contributed by atoms with Crippen LogP contribution < -0.4 is 4.74 Å². The van der Waals surface area contributed by atoms with E-state index in [1.165, 1.54) is 12.1 Å². The summed E-state index contributed by atoms with van der Waals surface area (Å²) in [6, 6.07) is 11.0. The van der Waals surface area contributed by atoms with Crippen molar-refractivity contribution in [3.05, 3.63) is 65.2 Å². The summed E-state index contributed by atoms with van der Waals surface area (Å²) in [5.74, 6) is -0.265. The molecule has 0 amide bonds. The third kappa shape index (κ3) is 4.08. The van der Waals surface area contributed by atoms with Crippen molar-refractivity contribution in [1.29, 1.82) is 0 Å². The summed E-state index contributed by atoms with van der Waals surface area (Å²) in [5.41, 5.74) is 0.709. The highest BCUT2D eigenvalue weighted by molar-refractivity contribution is 5.74. The number of ether oxygens (including phenoxy) is 1. The number of alkyl halides is 3. The van der Waals surface area contributed by atoms with Gasteiger partial charge in [0, 0.05) is 6.54 Å². The molecule has 0 radical (unpaired) electrons. The minimum absolute atomic E-state index is 0.443. The molecule has 4 nitrogen and oxygen atoms in total. The first-order valence-corrected chi connectivity index (χ1v) is 8.61. The second kappa shape index (κ2) is 7.60. The van der Waals surface area contributed by atoms with Crippen molar-refractivity contribution in [1.82, 2.24) is 4.90 Å². The van der Waals surface area contributed by atoms with E-state index in [-0.39, 0.29) is 0 Å². The van der Waals surface area contributed by atoms with E-state index in [9.17, 15) is 23.1 Å². The van der Waals surface area contributed by atoms with Crippen molar-refractivity contribution in [2.75, 3.05) is 13.7 Å². The van der Waals surface area contributed by atoms with Crippen LogP contribution in [0.2, 0.25) is 0 Å². The van der Waals surface area contributed by atoms with Gasteiger partial charge in [-0.1, -0.05) is 24.3 Å². The fraction of sp³-hybridized carbons (Fsp3) is 0.350. The molecule has 1 N–H and O–H groups in total. The lowest BCUT2D eigenvalue weighted by atomic mass is 9.95. The van der Waals surface area contributed by atoms with Gasteiger partial charge in [-0.3, -0.25) is 9.69 Å². The Balaban J connectivity index is 2.02. The molecule has 1 fully saturated rings. The van der Waals surface area contributed by atoms with Gasteiger partial charge in [0.05, 0.1) is 18.7 Å². The molecule has 0 aromatic heterocycles. The van der Waals surface area contributed by atoms with Crippen LogP contribution in [-0.4, -0.2) is 35.7 Å². The van der Waals surface area contributed by atoms with Gasteiger partial charge in [0.2, 0.25) is 0 Å². The molecule has 3 rings (SSSR count). The molecule has 0 saturated carbocycles. The van der Waals surface area contributed by atoms with E-state index >= 15 is 0 Å². The summed E-state index contributed by atoms with van der Waals surface area (Å²) >= 11 is 0. The Morgan fingerprint density at radius 2 is 1.67 bits per heavy atom. The first-order valence-electron chi connectivity index (χ1n) is 8.61. The van der Waals surface area contributed by atoms with Gasteiger partial charge in [0.15, 0.2) is 0 Å². The first kappa shape index (κ1) is 19.2. The van der Waals surface area contributed by atoms with E-state index < -0.39 is 29.8 Å². The molecule has 1 aliphatic heterocycles. The maximum atomic E-state index is 12.9. The summed E-state index contributed by atoms with van der Waals surface area (Å²) < 4.78 is 43.8. The molecule has 144 valence electrons. The van der Waals surface area contributed by atoms with Gasteiger partial charge in [0.25, 0.3) is 0 Å². The number of hydrogen-bond donors (Lipinski definition) is 1. The van der Waals surface area contributed by atoms with E-state index in [4.69, 9.17) is 4.74 Å². The topological polar surface area (TPSA) is 49.8 Å². The molecule has 0 spiro atoms. The lowest BCUT2D eigenvalue weighted by molar-refractivity contribution is -0.142. The van der Waals surface area contributed by atoms with Gasteiger partial charge in [-0.2, -0.15) is 13.2 Å². The Hall–Kier alpha value is -2.54. The van der Waals surface area contributed by atoms with E-state index in [1.807, 2.05) is 17.0 Å². The Morgan fingerprint density at radius 3 is 2.15 bits per heavy atom. The molecule has 2 aromatic carbocycles. The van der Waals surface area contributed by atoms with Gasteiger partial charge >= 0.3 is 12.1 Å². The molecule has 0 aliphatic carbocycles. The zero-order valence-electron chi connectivity index (χ0n) is 14.7. The number of nitrogens with zero attached hydrogens (tertiary/aromatic N) is 1. The van der Waals surface area contributed by atoms with Crippen LogP contribution in [0.25, 0.3) is 0 Å². The third-order valence-electron chi connectivity index (χ3n) is 4.90. The quantitative estimate of drug-likeness (QED) is 0.839. The smallest absolute Gasteiger partial charge is 0.416 e. The van der Waals surface area contributed by atoms with Crippen molar-refractivity contribution in [3.63, 3.8) is 0 Å². The SMILES string of the molecule is COc1ccc(C(c2ccc(C(F)(F)F)cc2)N2CCCC2C(=O)O)cc1. The number of aliphatic carboxylic acids is 1. The zero-order chi connectivity index (χ0) is 19.6. The van der Waals surface area contributed by atoms with Crippen LogP contribution in [0.5, 0.6) is 5.75 Å². The van der Waals surface area contributed by atoms with Crippen LogP contribution in [0.4, 0.5) is 13.2 Å². The van der Waals surface area contributed by atoms with Gasteiger partial charge in [-0.15, -0.1) is 0 Å². The molecule has 2 aromatic rings. The number of rotatable bonds is 5. The second-order valence-corrected chi connectivity index (χ2v) is 6.53. The molecular formula is C20H20F3NO3. The highest BCUT2D eigenvalue weighted by Gasteiger charge is 2.37. The Labute approximate surface area is 155 Å². The molecule has 1 aliphatic rings. The number of likely N-dealkylation sites (tertiary alicyclic amines) is 1. The number of hydrogen-bond acceptors (Lipinski definition) is 3.